The lowest BCUT2D eigenvalue weighted by Crippen LogP contribution is -2.33. The Bertz CT molecular complexity index is 491. The molecule has 0 atom stereocenters. The van der Waals surface area contributed by atoms with Gasteiger partial charge in [-0.15, -0.1) is 0 Å². The van der Waals surface area contributed by atoms with Crippen molar-refractivity contribution in [3.8, 4) is 5.75 Å². The van der Waals surface area contributed by atoms with Crippen LogP contribution in [0.2, 0.25) is 0 Å². The van der Waals surface area contributed by atoms with Gasteiger partial charge in [0.1, 0.15) is 11.3 Å². The standard InChI is InChI=1S/C13H19N3O4/c1-14-6-3-7-16(2)13(20)15-9-4-5-10(12(18)19)11(17)8-9/h4-5,8,14,17H,3,6-7H2,1-2H3,(H,15,20)(H,18,19). The van der Waals surface area contributed by atoms with Crippen LogP contribution < -0.4 is 10.6 Å². The average Bonchev–Trinajstić information content (AvgIpc) is 2.38. The Morgan fingerprint density at radius 1 is 1.35 bits per heavy atom. The number of aromatic carboxylic acids is 1. The van der Waals surface area contributed by atoms with Gasteiger partial charge in [0.05, 0.1) is 0 Å². The third-order valence-electron chi connectivity index (χ3n) is 2.75. The fraction of sp³-hybridized carbons (Fsp3) is 0.385. The van der Waals surface area contributed by atoms with Crippen LogP contribution in [-0.4, -0.2) is 54.3 Å². The summed E-state index contributed by atoms with van der Waals surface area (Å²) in [6, 6.07) is 3.57. The van der Waals surface area contributed by atoms with Crippen molar-refractivity contribution in [2.45, 2.75) is 6.42 Å². The smallest absolute Gasteiger partial charge is 0.339 e. The van der Waals surface area contributed by atoms with Crippen molar-refractivity contribution >= 4 is 17.7 Å². The fourth-order valence-electron chi connectivity index (χ4n) is 1.60. The summed E-state index contributed by atoms with van der Waals surface area (Å²) in [4.78, 5) is 24.1. The van der Waals surface area contributed by atoms with Crippen LogP contribution >= 0.6 is 0 Å². The zero-order valence-corrected chi connectivity index (χ0v) is 11.5. The molecule has 0 fully saturated rings. The van der Waals surface area contributed by atoms with Gasteiger partial charge in [-0.1, -0.05) is 0 Å². The van der Waals surface area contributed by atoms with Gasteiger partial charge in [0.2, 0.25) is 0 Å². The van der Waals surface area contributed by atoms with Crippen LogP contribution in [0.1, 0.15) is 16.8 Å². The zero-order chi connectivity index (χ0) is 15.1. The van der Waals surface area contributed by atoms with E-state index in [2.05, 4.69) is 10.6 Å². The molecule has 0 heterocycles. The molecular weight excluding hydrogens is 262 g/mol. The Hall–Kier alpha value is -2.28. The minimum atomic E-state index is -1.22. The van der Waals surface area contributed by atoms with Crippen molar-refractivity contribution in [3.63, 3.8) is 0 Å². The van der Waals surface area contributed by atoms with Gasteiger partial charge < -0.3 is 25.7 Å². The lowest BCUT2D eigenvalue weighted by atomic mass is 10.2. The molecule has 0 aliphatic heterocycles. The normalized spacial score (nSPS) is 10.1. The highest BCUT2D eigenvalue weighted by Gasteiger charge is 2.12. The fourth-order valence-corrected chi connectivity index (χ4v) is 1.60. The molecule has 110 valence electrons. The molecule has 2 amide bonds. The first-order chi connectivity index (χ1) is 9.45. The first kappa shape index (κ1) is 15.8. The number of amides is 2. The minimum absolute atomic E-state index is 0.203. The summed E-state index contributed by atoms with van der Waals surface area (Å²) in [5.74, 6) is -1.60. The van der Waals surface area contributed by atoms with Crippen LogP contribution in [0.5, 0.6) is 5.75 Å². The number of hydrogen-bond acceptors (Lipinski definition) is 4. The van der Waals surface area contributed by atoms with Gasteiger partial charge in [0.15, 0.2) is 0 Å². The number of carbonyl (C=O) groups excluding carboxylic acids is 1. The van der Waals surface area contributed by atoms with E-state index in [1.54, 1.807) is 7.05 Å². The largest absolute Gasteiger partial charge is 0.507 e. The Balaban J connectivity index is 2.62. The second-order valence-corrected chi connectivity index (χ2v) is 4.35. The van der Waals surface area contributed by atoms with E-state index >= 15 is 0 Å². The van der Waals surface area contributed by atoms with Crippen molar-refractivity contribution in [3.05, 3.63) is 23.8 Å². The number of hydrogen-bond donors (Lipinski definition) is 4. The molecule has 0 spiro atoms. The van der Waals surface area contributed by atoms with Crippen molar-refractivity contribution in [2.75, 3.05) is 32.5 Å². The first-order valence-corrected chi connectivity index (χ1v) is 6.18. The van der Waals surface area contributed by atoms with E-state index in [9.17, 15) is 14.7 Å². The number of aromatic hydroxyl groups is 1. The third-order valence-corrected chi connectivity index (χ3v) is 2.75. The molecule has 7 heteroatoms. The number of rotatable bonds is 6. The van der Waals surface area contributed by atoms with Crippen LogP contribution in [0.25, 0.3) is 0 Å². The molecular formula is C13H19N3O4. The highest BCUT2D eigenvalue weighted by atomic mass is 16.4. The number of benzene rings is 1. The lowest BCUT2D eigenvalue weighted by Gasteiger charge is -2.18. The maximum Gasteiger partial charge on any atom is 0.339 e. The Labute approximate surface area is 117 Å². The maximum absolute atomic E-state index is 11.8. The van der Waals surface area contributed by atoms with Gasteiger partial charge in [-0.2, -0.15) is 0 Å². The van der Waals surface area contributed by atoms with E-state index in [0.717, 1.165) is 13.0 Å². The van der Waals surface area contributed by atoms with Gasteiger partial charge in [0, 0.05) is 25.3 Å². The summed E-state index contributed by atoms with van der Waals surface area (Å²) >= 11 is 0. The molecule has 0 aromatic heterocycles. The maximum atomic E-state index is 11.8. The summed E-state index contributed by atoms with van der Waals surface area (Å²) in [6.45, 7) is 1.40. The second-order valence-electron chi connectivity index (χ2n) is 4.35. The van der Waals surface area contributed by atoms with E-state index < -0.39 is 5.97 Å². The van der Waals surface area contributed by atoms with E-state index in [0.29, 0.717) is 12.2 Å². The van der Waals surface area contributed by atoms with Crippen LogP contribution in [0, 0.1) is 0 Å². The quantitative estimate of drug-likeness (QED) is 0.586. The molecule has 1 rings (SSSR count). The second kappa shape index (κ2) is 7.34. The highest BCUT2D eigenvalue weighted by molar-refractivity contribution is 5.93. The van der Waals surface area contributed by atoms with E-state index in [4.69, 9.17) is 5.11 Å². The summed E-state index contributed by atoms with van der Waals surface area (Å²) < 4.78 is 0. The first-order valence-electron chi connectivity index (χ1n) is 6.18. The molecule has 0 bridgehead atoms. The average molecular weight is 281 g/mol. The number of nitrogens with one attached hydrogen (secondary N) is 2. The lowest BCUT2D eigenvalue weighted by molar-refractivity contribution is 0.0694. The molecule has 0 saturated heterocycles. The summed E-state index contributed by atoms with van der Waals surface area (Å²) in [7, 11) is 3.50. The number of carboxylic acids is 1. The minimum Gasteiger partial charge on any atom is -0.507 e. The number of phenols is 1. The summed E-state index contributed by atoms with van der Waals surface area (Å²) in [6.07, 6.45) is 0.823. The molecule has 1 aromatic carbocycles. The Morgan fingerprint density at radius 2 is 2.05 bits per heavy atom. The van der Waals surface area contributed by atoms with Gasteiger partial charge in [-0.25, -0.2) is 9.59 Å². The predicted molar refractivity (Wildman–Crippen MR) is 75.3 cm³/mol. The van der Waals surface area contributed by atoms with Gasteiger partial charge in [-0.05, 0) is 32.1 Å². The van der Waals surface area contributed by atoms with E-state index in [1.807, 2.05) is 7.05 Å². The molecule has 1 aromatic rings. The zero-order valence-electron chi connectivity index (χ0n) is 11.5. The number of nitrogens with zero attached hydrogens (tertiary/aromatic N) is 1. The summed E-state index contributed by atoms with van der Waals surface area (Å²) in [5, 5.41) is 23.9. The molecule has 7 nitrogen and oxygen atoms in total. The van der Waals surface area contributed by atoms with Crippen molar-refractivity contribution in [1.82, 2.24) is 10.2 Å². The molecule has 0 radical (unpaired) electrons. The number of urea groups is 1. The molecule has 0 unspecified atom stereocenters. The molecule has 4 N–H and O–H groups in total. The summed E-state index contributed by atoms with van der Waals surface area (Å²) in [5.41, 5.74) is 0.142. The number of anilines is 1. The highest BCUT2D eigenvalue weighted by Crippen LogP contribution is 2.22. The topological polar surface area (TPSA) is 102 Å². The Kier molecular flexibility index (Phi) is 5.79. The van der Waals surface area contributed by atoms with Gasteiger partial charge in [-0.3, -0.25) is 0 Å². The molecule has 20 heavy (non-hydrogen) atoms. The van der Waals surface area contributed by atoms with Crippen molar-refractivity contribution < 1.29 is 19.8 Å². The molecule has 0 saturated carbocycles. The van der Waals surface area contributed by atoms with Crippen LogP contribution in [-0.2, 0) is 0 Å². The van der Waals surface area contributed by atoms with Crippen molar-refractivity contribution in [2.24, 2.45) is 0 Å². The molecule has 0 aliphatic rings. The van der Waals surface area contributed by atoms with E-state index in [1.165, 1.54) is 23.1 Å². The number of carboxylic acid groups (broad SMARTS) is 1. The monoisotopic (exact) mass is 281 g/mol. The third kappa shape index (κ3) is 4.43. The van der Waals surface area contributed by atoms with Crippen LogP contribution in [0.3, 0.4) is 0 Å². The van der Waals surface area contributed by atoms with Crippen LogP contribution in [0.4, 0.5) is 10.5 Å². The van der Waals surface area contributed by atoms with Crippen molar-refractivity contribution in [1.29, 1.82) is 0 Å². The Morgan fingerprint density at radius 3 is 2.60 bits per heavy atom. The predicted octanol–water partition coefficient (Wildman–Crippen LogP) is 1.16. The van der Waals surface area contributed by atoms with E-state index in [-0.39, 0.29) is 17.3 Å². The number of carbonyl (C=O) groups is 2. The van der Waals surface area contributed by atoms with Gasteiger partial charge >= 0.3 is 12.0 Å². The van der Waals surface area contributed by atoms with Gasteiger partial charge in [0.25, 0.3) is 0 Å². The van der Waals surface area contributed by atoms with Crippen LogP contribution in [0.15, 0.2) is 18.2 Å². The molecule has 0 aliphatic carbocycles. The SMILES string of the molecule is CNCCCN(C)C(=O)Nc1ccc(C(=O)O)c(O)c1.